The number of furan rings is 1. The number of para-hydroxylation sites is 1. The van der Waals surface area contributed by atoms with E-state index in [1.165, 1.54) is 0 Å². The molecule has 0 fully saturated rings. The summed E-state index contributed by atoms with van der Waals surface area (Å²) in [6.45, 7) is 0. The van der Waals surface area contributed by atoms with Gasteiger partial charge in [0, 0.05) is 24.2 Å². The lowest BCUT2D eigenvalue weighted by Crippen LogP contribution is -2.28. The maximum Gasteiger partial charge on any atom is 0.148 e. The Bertz CT molecular complexity index is 718. The van der Waals surface area contributed by atoms with Crippen molar-refractivity contribution in [1.29, 1.82) is 0 Å². The van der Waals surface area contributed by atoms with Crippen LogP contribution < -0.4 is 11.3 Å². The summed E-state index contributed by atoms with van der Waals surface area (Å²) in [4.78, 5) is 0. The van der Waals surface area contributed by atoms with Gasteiger partial charge in [0.15, 0.2) is 0 Å². The molecule has 0 spiro atoms. The first-order valence-corrected chi connectivity index (χ1v) is 6.61. The Morgan fingerprint density at radius 1 is 1.47 bits per heavy atom. The summed E-state index contributed by atoms with van der Waals surface area (Å²) in [6, 6.07) is 7.69. The molecule has 0 saturated carbocycles. The van der Waals surface area contributed by atoms with Gasteiger partial charge in [0.05, 0.1) is 10.7 Å². The van der Waals surface area contributed by atoms with Crippen molar-refractivity contribution in [3.63, 3.8) is 0 Å². The highest BCUT2D eigenvalue weighted by molar-refractivity contribution is 9.10. The molecular formula is C13H13BrN4O. The van der Waals surface area contributed by atoms with Gasteiger partial charge in [-0.05, 0) is 28.1 Å². The molecule has 3 N–H and O–H groups in total. The largest absolute Gasteiger partial charge is 0.458 e. The maximum absolute atomic E-state index is 5.89. The normalized spacial score (nSPS) is 13.0. The number of fused-ring (bicyclic) bond motifs is 1. The first-order valence-electron chi connectivity index (χ1n) is 5.81. The molecule has 5 nitrogen and oxygen atoms in total. The Labute approximate surface area is 118 Å². The molecule has 0 aliphatic carbocycles. The number of halogens is 1. The number of hydrogen-bond acceptors (Lipinski definition) is 4. The predicted molar refractivity (Wildman–Crippen MR) is 76.3 cm³/mol. The van der Waals surface area contributed by atoms with Crippen LogP contribution in [0.5, 0.6) is 0 Å². The molecule has 6 heteroatoms. The fourth-order valence-electron chi connectivity index (χ4n) is 2.12. The molecule has 98 valence electrons. The summed E-state index contributed by atoms with van der Waals surface area (Å²) in [5, 5.41) is 5.19. The van der Waals surface area contributed by atoms with E-state index in [1.54, 1.807) is 10.9 Å². The SMILES string of the molecule is Cn1cc(C(NN)c2cc3cccc(Br)c3o2)cn1. The van der Waals surface area contributed by atoms with E-state index in [2.05, 4.69) is 26.5 Å². The third-order valence-corrected chi connectivity index (χ3v) is 3.65. The highest BCUT2D eigenvalue weighted by atomic mass is 79.9. The van der Waals surface area contributed by atoms with E-state index in [4.69, 9.17) is 10.3 Å². The van der Waals surface area contributed by atoms with E-state index >= 15 is 0 Å². The quantitative estimate of drug-likeness (QED) is 0.574. The number of rotatable bonds is 3. The van der Waals surface area contributed by atoms with Crippen molar-refractivity contribution in [1.82, 2.24) is 15.2 Å². The van der Waals surface area contributed by atoms with Crippen molar-refractivity contribution in [2.45, 2.75) is 6.04 Å². The summed E-state index contributed by atoms with van der Waals surface area (Å²) >= 11 is 3.48. The monoisotopic (exact) mass is 320 g/mol. The van der Waals surface area contributed by atoms with Crippen molar-refractivity contribution in [3.05, 3.63) is 52.5 Å². The second-order valence-corrected chi connectivity index (χ2v) is 5.21. The van der Waals surface area contributed by atoms with Crippen LogP contribution in [0.4, 0.5) is 0 Å². The standard InChI is InChI=1S/C13H13BrN4O/c1-18-7-9(6-16-18)12(17-15)11-5-8-3-2-4-10(14)13(8)19-11/h2-7,12,17H,15H2,1H3. The molecule has 3 aromatic rings. The molecule has 1 aromatic carbocycles. The summed E-state index contributed by atoms with van der Waals surface area (Å²) in [6.07, 6.45) is 3.68. The van der Waals surface area contributed by atoms with E-state index in [0.717, 1.165) is 26.8 Å². The predicted octanol–water partition coefficient (Wildman–Crippen LogP) is 2.48. The van der Waals surface area contributed by atoms with Crippen LogP contribution in [0.2, 0.25) is 0 Å². The van der Waals surface area contributed by atoms with Crippen LogP contribution >= 0.6 is 15.9 Å². The van der Waals surface area contributed by atoms with Crippen molar-refractivity contribution in [3.8, 4) is 0 Å². The van der Waals surface area contributed by atoms with Gasteiger partial charge in [-0.15, -0.1) is 0 Å². The van der Waals surface area contributed by atoms with Gasteiger partial charge < -0.3 is 4.42 Å². The number of benzene rings is 1. The molecule has 1 unspecified atom stereocenters. The molecule has 0 bridgehead atoms. The van der Waals surface area contributed by atoms with Gasteiger partial charge in [-0.1, -0.05) is 12.1 Å². The number of aromatic nitrogens is 2. The van der Waals surface area contributed by atoms with Crippen LogP contribution in [0, 0.1) is 0 Å². The third kappa shape index (κ3) is 2.18. The van der Waals surface area contributed by atoms with E-state index in [1.807, 2.05) is 37.5 Å². The lowest BCUT2D eigenvalue weighted by atomic mass is 10.1. The van der Waals surface area contributed by atoms with Gasteiger partial charge in [-0.3, -0.25) is 10.5 Å². The minimum absolute atomic E-state index is 0.215. The highest BCUT2D eigenvalue weighted by Crippen LogP contribution is 2.31. The smallest absolute Gasteiger partial charge is 0.148 e. The van der Waals surface area contributed by atoms with E-state index in [9.17, 15) is 0 Å². The second kappa shape index (κ2) is 4.80. The molecule has 1 atom stereocenters. The molecule has 0 radical (unpaired) electrons. The van der Waals surface area contributed by atoms with Crippen LogP contribution in [0.1, 0.15) is 17.4 Å². The van der Waals surface area contributed by atoms with Gasteiger partial charge in [-0.2, -0.15) is 5.10 Å². The van der Waals surface area contributed by atoms with Crippen molar-refractivity contribution in [2.24, 2.45) is 12.9 Å². The zero-order valence-corrected chi connectivity index (χ0v) is 11.9. The van der Waals surface area contributed by atoms with Gasteiger partial charge in [0.1, 0.15) is 17.4 Å². The van der Waals surface area contributed by atoms with Crippen LogP contribution in [-0.2, 0) is 7.05 Å². The zero-order valence-electron chi connectivity index (χ0n) is 10.3. The molecule has 19 heavy (non-hydrogen) atoms. The molecule has 0 saturated heterocycles. The van der Waals surface area contributed by atoms with Gasteiger partial charge in [0.2, 0.25) is 0 Å². The molecular weight excluding hydrogens is 308 g/mol. The third-order valence-electron chi connectivity index (χ3n) is 3.02. The molecule has 3 rings (SSSR count). The average molecular weight is 321 g/mol. The molecule has 2 heterocycles. The fraction of sp³-hybridized carbons (Fsp3) is 0.154. The Balaban J connectivity index is 2.09. The Morgan fingerprint density at radius 3 is 2.95 bits per heavy atom. The summed E-state index contributed by atoms with van der Waals surface area (Å²) in [5.41, 5.74) is 4.55. The number of nitrogens with two attached hydrogens (primary N) is 1. The number of nitrogens with one attached hydrogen (secondary N) is 1. The van der Waals surface area contributed by atoms with Gasteiger partial charge in [-0.25, -0.2) is 5.43 Å². The van der Waals surface area contributed by atoms with Crippen LogP contribution in [0.15, 0.2) is 45.5 Å². The molecule has 2 aromatic heterocycles. The summed E-state index contributed by atoms with van der Waals surface area (Å²) < 4.78 is 8.55. The Kier molecular flexibility index (Phi) is 3.14. The van der Waals surface area contributed by atoms with Crippen LogP contribution in [0.3, 0.4) is 0 Å². The number of hydrogen-bond donors (Lipinski definition) is 2. The maximum atomic E-state index is 5.89. The topological polar surface area (TPSA) is 69.0 Å². The molecule has 0 aliphatic heterocycles. The number of hydrazine groups is 1. The zero-order chi connectivity index (χ0) is 13.4. The van der Waals surface area contributed by atoms with Crippen molar-refractivity contribution >= 4 is 26.9 Å². The van der Waals surface area contributed by atoms with Gasteiger partial charge >= 0.3 is 0 Å². The molecule has 0 amide bonds. The number of nitrogens with zero attached hydrogens (tertiary/aromatic N) is 2. The Hall–Kier alpha value is -1.63. The van der Waals surface area contributed by atoms with E-state index in [-0.39, 0.29) is 6.04 Å². The minimum Gasteiger partial charge on any atom is -0.458 e. The highest BCUT2D eigenvalue weighted by Gasteiger charge is 2.19. The average Bonchev–Trinajstić information content (AvgIpc) is 2.98. The second-order valence-electron chi connectivity index (χ2n) is 4.35. The van der Waals surface area contributed by atoms with E-state index < -0.39 is 0 Å². The van der Waals surface area contributed by atoms with Crippen LogP contribution in [0.25, 0.3) is 11.0 Å². The van der Waals surface area contributed by atoms with Gasteiger partial charge in [0.25, 0.3) is 0 Å². The minimum atomic E-state index is -0.215. The van der Waals surface area contributed by atoms with E-state index in [0.29, 0.717) is 0 Å². The van der Waals surface area contributed by atoms with Crippen molar-refractivity contribution in [2.75, 3.05) is 0 Å². The summed E-state index contributed by atoms with van der Waals surface area (Å²) in [7, 11) is 1.87. The molecule has 0 aliphatic rings. The number of aryl methyl sites for hydroxylation is 1. The first kappa shape index (κ1) is 12.4. The first-order chi connectivity index (χ1) is 9.19. The lowest BCUT2D eigenvalue weighted by molar-refractivity contribution is 0.476. The summed E-state index contributed by atoms with van der Waals surface area (Å²) in [5.74, 6) is 6.41. The van der Waals surface area contributed by atoms with Crippen molar-refractivity contribution < 1.29 is 4.42 Å². The Morgan fingerprint density at radius 2 is 2.32 bits per heavy atom. The van der Waals surface area contributed by atoms with Crippen LogP contribution in [-0.4, -0.2) is 9.78 Å². The lowest BCUT2D eigenvalue weighted by Gasteiger charge is -2.10. The fourth-order valence-corrected chi connectivity index (χ4v) is 2.58.